The first-order valence-electron chi connectivity index (χ1n) is 9.52. The summed E-state index contributed by atoms with van der Waals surface area (Å²) in [4.78, 5) is 21.6. The monoisotopic (exact) mass is 377 g/mol. The SMILES string of the molecule is CCN(CC)c1ccc(C=Nc2c(N(C)C)[nH]n(-c3ccccc3)c2=O)cc1. The summed E-state index contributed by atoms with van der Waals surface area (Å²) in [7, 11) is 3.77. The van der Waals surface area contributed by atoms with Crippen molar-refractivity contribution in [2.24, 2.45) is 4.99 Å². The van der Waals surface area contributed by atoms with Gasteiger partial charge in [-0.25, -0.2) is 9.67 Å². The van der Waals surface area contributed by atoms with Gasteiger partial charge in [-0.15, -0.1) is 0 Å². The van der Waals surface area contributed by atoms with E-state index in [2.05, 4.69) is 41.0 Å². The summed E-state index contributed by atoms with van der Waals surface area (Å²) in [6.45, 7) is 6.23. The zero-order chi connectivity index (χ0) is 20.1. The first kappa shape index (κ1) is 19.5. The Kier molecular flexibility index (Phi) is 5.99. The molecule has 0 radical (unpaired) electrons. The van der Waals surface area contributed by atoms with Gasteiger partial charge in [-0.3, -0.25) is 9.89 Å². The van der Waals surface area contributed by atoms with Crippen molar-refractivity contribution < 1.29 is 0 Å². The molecular weight excluding hydrogens is 350 g/mol. The zero-order valence-electron chi connectivity index (χ0n) is 16.9. The number of aliphatic imine (C=N–C) groups is 1. The number of benzene rings is 2. The molecule has 1 heterocycles. The second kappa shape index (κ2) is 8.61. The summed E-state index contributed by atoms with van der Waals surface area (Å²) in [5.41, 5.74) is 3.13. The van der Waals surface area contributed by atoms with Gasteiger partial charge in [0.25, 0.3) is 5.56 Å². The highest BCUT2D eigenvalue weighted by Crippen LogP contribution is 2.22. The maximum atomic E-state index is 12.9. The topological polar surface area (TPSA) is 56.6 Å². The molecule has 0 spiro atoms. The molecule has 0 bridgehead atoms. The second-order valence-electron chi connectivity index (χ2n) is 6.70. The minimum atomic E-state index is -0.175. The molecule has 0 aliphatic rings. The Balaban J connectivity index is 1.93. The fourth-order valence-electron chi connectivity index (χ4n) is 3.10. The van der Waals surface area contributed by atoms with E-state index in [0.717, 1.165) is 24.3 Å². The highest BCUT2D eigenvalue weighted by molar-refractivity contribution is 5.84. The number of anilines is 2. The van der Waals surface area contributed by atoms with Crippen LogP contribution in [0.3, 0.4) is 0 Å². The van der Waals surface area contributed by atoms with Gasteiger partial charge in [-0.2, -0.15) is 0 Å². The van der Waals surface area contributed by atoms with Gasteiger partial charge in [0.1, 0.15) is 0 Å². The van der Waals surface area contributed by atoms with Crippen molar-refractivity contribution in [1.82, 2.24) is 9.78 Å². The maximum absolute atomic E-state index is 12.9. The number of nitrogens with one attached hydrogen (secondary N) is 1. The van der Waals surface area contributed by atoms with Crippen LogP contribution in [0.5, 0.6) is 0 Å². The summed E-state index contributed by atoms with van der Waals surface area (Å²) < 4.78 is 1.52. The molecule has 0 atom stereocenters. The molecule has 28 heavy (non-hydrogen) atoms. The van der Waals surface area contributed by atoms with E-state index in [4.69, 9.17) is 0 Å². The number of nitrogens with zero attached hydrogens (tertiary/aromatic N) is 4. The molecule has 0 fully saturated rings. The maximum Gasteiger partial charge on any atom is 0.299 e. The summed E-state index contributed by atoms with van der Waals surface area (Å²) in [5.74, 6) is 0.671. The largest absolute Gasteiger partial charge is 0.372 e. The predicted octanol–water partition coefficient (Wildman–Crippen LogP) is 3.83. The van der Waals surface area contributed by atoms with E-state index in [1.807, 2.05) is 61.5 Å². The van der Waals surface area contributed by atoms with Gasteiger partial charge in [0, 0.05) is 39.1 Å². The molecule has 6 heteroatoms. The third-order valence-electron chi connectivity index (χ3n) is 4.67. The summed E-state index contributed by atoms with van der Waals surface area (Å²) in [5, 5.41) is 3.15. The third-order valence-corrected chi connectivity index (χ3v) is 4.67. The van der Waals surface area contributed by atoms with Gasteiger partial charge in [0.15, 0.2) is 11.5 Å². The van der Waals surface area contributed by atoms with Crippen molar-refractivity contribution in [3.63, 3.8) is 0 Å². The van der Waals surface area contributed by atoms with E-state index in [1.165, 1.54) is 10.4 Å². The molecule has 0 saturated carbocycles. The minimum Gasteiger partial charge on any atom is -0.372 e. The van der Waals surface area contributed by atoms with Gasteiger partial charge in [0.2, 0.25) is 0 Å². The van der Waals surface area contributed by atoms with Crippen LogP contribution < -0.4 is 15.4 Å². The molecule has 3 aromatic rings. The van der Waals surface area contributed by atoms with E-state index in [-0.39, 0.29) is 5.56 Å². The van der Waals surface area contributed by atoms with Crippen molar-refractivity contribution in [2.75, 3.05) is 37.0 Å². The molecule has 0 aliphatic heterocycles. The molecule has 1 N–H and O–H groups in total. The van der Waals surface area contributed by atoms with E-state index in [1.54, 1.807) is 6.21 Å². The second-order valence-corrected chi connectivity index (χ2v) is 6.70. The van der Waals surface area contributed by atoms with Crippen molar-refractivity contribution in [2.45, 2.75) is 13.8 Å². The van der Waals surface area contributed by atoms with Crippen molar-refractivity contribution >= 4 is 23.4 Å². The fourth-order valence-corrected chi connectivity index (χ4v) is 3.10. The smallest absolute Gasteiger partial charge is 0.299 e. The van der Waals surface area contributed by atoms with E-state index in [9.17, 15) is 4.79 Å². The molecule has 0 amide bonds. The molecule has 1 aromatic heterocycles. The first-order chi connectivity index (χ1) is 13.5. The van der Waals surface area contributed by atoms with Crippen LogP contribution in [0.15, 0.2) is 64.4 Å². The summed E-state index contributed by atoms with van der Waals surface area (Å²) in [6.07, 6.45) is 1.74. The van der Waals surface area contributed by atoms with Crippen LogP contribution in [0.1, 0.15) is 19.4 Å². The van der Waals surface area contributed by atoms with E-state index >= 15 is 0 Å². The van der Waals surface area contributed by atoms with E-state index < -0.39 is 0 Å². The zero-order valence-corrected chi connectivity index (χ0v) is 16.9. The van der Waals surface area contributed by atoms with Crippen molar-refractivity contribution in [3.05, 3.63) is 70.5 Å². The molecule has 2 aromatic carbocycles. The third kappa shape index (κ3) is 4.01. The number of aromatic amines is 1. The Morgan fingerprint density at radius 2 is 1.64 bits per heavy atom. The average Bonchev–Trinajstić information content (AvgIpc) is 3.05. The van der Waals surface area contributed by atoms with Gasteiger partial charge >= 0.3 is 0 Å². The lowest BCUT2D eigenvalue weighted by atomic mass is 10.2. The molecule has 6 nitrogen and oxygen atoms in total. The van der Waals surface area contributed by atoms with E-state index in [0.29, 0.717) is 11.5 Å². The lowest BCUT2D eigenvalue weighted by Gasteiger charge is -2.20. The average molecular weight is 377 g/mol. The van der Waals surface area contributed by atoms with Gasteiger partial charge in [-0.1, -0.05) is 30.3 Å². The first-order valence-corrected chi connectivity index (χ1v) is 9.52. The lowest BCUT2D eigenvalue weighted by molar-refractivity contribution is 0.839. The molecule has 146 valence electrons. The minimum absolute atomic E-state index is 0.175. The van der Waals surface area contributed by atoms with Crippen LogP contribution >= 0.6 is 0 Å². The Hall–Kier alpha value is -3.28. The number of hydrogen-bond acceptors (Lipinski definition) is 4. The number of hydrogen-bond donors (Lipinski definition) is 1. The Bertz CT molecular complexity index is 980. The molecule has 3 rings (SSSR count). The fraction of sp³-hybridized carbons (Fsp3) is 0.273. The molecule has 0 saturated heterocycles. The number of aromatic nitrogens is 2. The molecule has 0 aliphatic carbocycles. The normalized spacial score (nSPS) is 11.1. The lowest BCUT2D eigenvalue weighted by Crippen LogP contribution is -2.21. The van der Waals surface area contributed by atoms with Crippen LogP contribution in [-0.2, 0) is 0 Å². The number of rotatable bonds is 7. The van der Waals surface area contributed by atoms with Crippen LogP contribution in [0, 0.1) is 0 Å². The number of H-pyrrole nitrogens is 1. The van der Waals surface area contributed by atoms with Gasteiger partial charge in [-0.05, 0) is 43.7 Å². The highest BCUT2D eigenvalue weighted by atomic mass is 16.1. The van der Waals surface area contributed by atoms with Gasteiger partial charge < -0.3 is 9.80 Å². The van der Waals surface area contributed by atoms with Gasteiger partial charge in [0.05, 0.1) is 5.69 Å². The van der Waals surface area contributed by atoms with Crippen LogP contribution in [-0.4, -0.2) is 43.2 Å². The Morgan fingerprint density at radius 1 is 1.00 bits per heavy atom. The van der Waals surface area contributed by atoms with Crippen LogP contribution in [0.2, 0.25) is 0 Å². The van der Waals surface area contributed by atoms with Crippen LogP contribution in [0.4, 0.5) is 17.2 Å². The molecular formula is C22H27N5O. The standard InChI is InChI=1S/C22H27N5O/c1-5-26(6-2)18-14-12-17(13-15-18)16-23-20-21(25(3)4)24-27(22(20)28)19-10-8-7-9-11-19/h7-16,24H,5-6H2,1-4H3. The summed E-state index contributed by atoms with van der Waals surface area (Å²) >= 11 is 0. The number of para-hydroxylation sites is 1. The Labute approximate surface area is 165 Å². The quantitative estimate of drug-likeness (QED) is 0.637. The highest BCUT2D eigenvalue weighted by Gasteiger charge is 2.15. The van der Waals surface area contributed by atoms with Crippen LogP contribution in [0.25, 0.3) is 5.69 Å². The Morgan fingerprint density at radius 3 is 2.21 bits per heavy atom. The van der Waals surface area contributed by atoms with Crippen molar-refractivity contribution in [1.29, 1.82) is 0 Å². The molecule has 0 unspecified atom stereocenters. The predicted molar refractivity (Wildman–Crippen MR) is 118 cm³/mol. The summed E-state index contributed by atoms with van der Waals surface area (Å²) in [6, 6.07) is 17.7. The van der Waals surface area contributed by atoms with Crippen molar-refractivity contribution in [3.8, 4) is 5.69 Å².